The lowest BCUT2D eigenvalue weighted by atomic mass is 10.3. The average molecular weight is 311 g/mol. The molecular weight excluding hydrogens is 294 g/mol. The fourth-order valence-corrected chi connectivity index (χ4v) is 2.33. The largest absolute Gasteiger partial charge is 0.493 e. The van der Waals surface area contributed by atoms with Gasteiger partial charge in [-0.1, -0.05) is 12.1 Å². The Morgan fingerprint density at radius 1 is 1.22 bits per heavy atom. The van der Waals surface area contributed by atoms with Gasteiger partial charge < -0.3 is 19.2 Å². The number of carbonyl (C=O) groups excluding carboxylic acids is 1. The van der Waals surface area contributed by atoms with Crippen LogP contribution < -0.4 is 14.8 Å². The summed E-state index contributed by atoms with van der Waals surface area (Å²) in [5, 5.41) is 2.85. The van der Waals surface area contributed by atoms with Crippen molar-refractivity contribution in [1.82, 2.24) is 9.38 Å². The van der Waals surface area contributed by atoms with Gasteiger partial charge in [-0.15, -0.1) is 0 Å². The van der Waals surface area contributed by atoms with Crippen LogP contribution in [0, 0.1) is 6.92 Å². The zero-order chi connectivity index (χ0) is 16.2. The Morgan fingerprint density at radius 2 is 2.00 bits per heavy atom. The number of hydrogen-bond acceptors (Lipinski definition) is 4. The van der Waals surface area contributed by atoms with Gasteiger partial charge in [0.15, 0.2) is 18.1 Å². The van der Waals surface area contributed by atoms with Crippen LogP contribution >= 0.6 is 0 Å². The molecule has 0 saturated heterocycles. The first kappa shape index (κ1) is 14.9. The van der Waals surface area contributed by atoms with Crippen LogP contribution in [0.15, 0.2) is 48.8 Å². The summed E-state index contributed by atoms with van der Waals surface area (Å²) in [7, 11) is 1.56. The van der Waals surface area contributed by atoms with E-state index >= 15 is 0 Å². The van der Waals surface area contributed by atoms with Gasteiger partial charge in [0.05, 0.1) is 12.8 Å². The van der Waals surface area contributed by atoms with Crippen LogP contribution in [-0.2, 0) is 4.79 Å². The summed E-state index contributed by atoms with van der Waals surface area (Å²) in [6.45, 7) is 1.83. The number of imidazole rings is 1. The van der Waals surface area contributed by atoms with E-state index in [-0.39, 0.29) is 12.5 Å². The van der Waals surface area contributed by atoms with Crippen LogP contribution in [0.5, 0.6) is 11.5 Å². The molecule has 0 saturated carbocycles. The number of aryl methyl sites for hydroxylation is 1. The van der Waals surface area contributed by atoms with Crippen molar-refractivity contribution in [2.24, 2.45) is 0 Å². The molecule has 1 aromatic carbocycles. The van der Waals surface area contributed by atoms with Crippen molar-refractivity contribution in [2.75, 3.05) is 19.0 Å². The van der Waals surface area contributed by atoms with Crippen molar-refractivity contribution in [1.29, 1.82) is 0 Å². The van der Waals surface area contributed by atoms with Crippen molar-refractivity contribution in [3.8, 4) is 11.5 Å². The average Bonchev–Trinajstić information content (AvgIpc) is 3.05. The molecule has 0 atom stereocenters. The molecule has 1 N–H and O–H groups in total. The van der Waals surface area contributed by atoms with Crippen LogP contribution in [0.4, 0.5) is 5.69 Å². The zero-order valence-electron chi connectivity index (χ0n) is 12.9. The molecule has 23 heavy (non-hydrogen) atoms. The van der Waals surface area contributed by atoms with E-state index < -0.39 is 0 Å². The molecule has 0 bridgehead atoms. The number of benzene rings is 1. The first-order chi connectivity index (χ1) is 11.2. The van der Waals surface area contributed by atoms with Crippen molar-refractivity contribution < 1.29 is 14.3 Å². The van der Waals surface area contributed by atoms with Crippen molar-refractivity contribution >= 4 is 17.2 Å². The van der Waals surface area contributed by atoms with Gasteiger partial charge >= 0.3 is 0 Å². The summed E-state index contributed by atoms with van der Waals surface area (Å²) in [4.78, 5) is 16.3. The first-order valence-electron chi connectivity index (χ1n) is 7.17. The van der Waals surface area contributed by atoms with Crippen LogP contribution in [-0.4, -0.2) is 29.0 Å². The summed E-state index contributed by atoms with van der Waals surface area (Å²) >= 11 is 0. The second kappa shape index (κ2) is 6.39. The molecule has 2 heterocycles. The van der Waals surface area contributed by atoms with E-state index in [0.29, 0.717) is 11.5 Å². The zero-order valence-corrected chi connectivity index (χ0v) is 12.9. The lowest BCUT2D eigenvalue weighted by Crippen LogP contribution is -2.21. The van der Waals surface area contributed by atoms with Crippen molar-refractivity contribution in [2.45, 2.75) is 6.92 Å². The fraction of sp³-hybridized carbons (Fsp3) is 0.176. The second-order valence-corrected chi connectivity index (χ2v) is 4.98. The number of fused-ring (bicyclic) bond motifs is 1. The maximum Gasteiger partial charge on any atom is 0.262 e. The number of hydrogen-bond donors (Lipinski definition) is 1. The number of pyridine rings is 1. The Bertz CT molecular complexity index is 842. The molecule has 0 aliphatic heterocycles. The van der Waals surface area contributed by atoms with E-state index in [9.17, 15) is 4.79 Å². The Morgan fingerprint density at radius 3 is 2.78 bits per heavy atom. The lowest BCUT2D eigenvalue weighted by molar-refractivity contribution is -0.118. The van der Waals surface area contributed by atoms with E-state index in [4.69, 9.17) is 9.47 Å². The SMILES string of the molecule is COc1ccccc1OCC(=O)Nc1ccc2nccn2c1C. The summed E-state index contributed by atoms with van der Waals surface area (Å²) in [6.07, 6.45) is 3.57. The Labute approximate surface area is 133 Å². The van der Waals surface area contributed by atoms with Gasteiger partial charge in [0.25, 0.3) is 5.91 Å². The lowest BCUT2D eigenvalue weighted by Gasteiger charge is -2.12. The third-order valence-electron chi connectivity index (χ3n) is 3.52. The molecule has 0 aliphatic rings. The van der Waals surface area contributed by atoms with E-state index in [0.717, 1.165) is 17.0 Å². The highest BCUT2D eigenvalue weighted by Gasteiger charge is 2.10. The number of ether oxygens (including phenoxy) is 2. The molecule has 0 radical (unpaired) electrons. The summed E-state index contributed by atoms with van der Waals surface area (Å²) in [5.74, 6) is 0.890. The monoisotopic (exact) mass is 311 g/mol. The molecular formula is C17H17N3O3. The number of methoxy groups -OCH3 is 1. The number of rotatable bonds is 5. The molecule has 0 fully saturated rings. The standard InChI is InChI=1S/C17H17N3O3/c1-12-13(7-8-16-18-9-10-20(12)16)19-17(21)11-23-15-6-4-3-5-14(15)22-2/h3-10H,11H2,1-2H3,(H,19,21). The molecule has 1 amide bonds. The highest BCUT2D eigenvalue weighted by atomic mass is 16.5. The molecule has 0 aliphatic carbocycles. The Hall–Kier alpha value is -3.02. The minimum atomic E-state index is -0.238. The van der Waals surface area contributed by atoms with Crippen LogP contribution in [0.3, 0.4) is 0 Å². The fourth-order valence-electron chi connectivity index (χ4n) is 2.33. The quantitative estimate of drug-likeness (QED) is 0.787. The predicted octanol–water partition coefficient (Wildman–Crippen LogP) is 2.67. The normalized spacial score (nSPS) is 10.5. The van der Waals surface area contributed by atoms with Crippen molar-refractivity contribution in [3.63, 3.8) is 0 Å². The van der Waals surface area contributed by atoms with Gasteiger partial charge in [-0.3, -0.25) is 4.79 Å². The molecule has 0 unspecified atom stereocenters. The van der Waals surface area contributed by atoms with E-state index in [1.54, 1.807) is 25.4 Å². The van der Waals surface area contributed by atoms with Gasteiger partial charge in [-0.25, -0.2) is 4.98 Å². The van der Waals surface area contributed by atoms with Gasteiger partial charge in [0, 0.05) is 18.1 Å². The number of amides is 1. The highest BCUT2D eigenvalue weighted by molar-refractivity contribution is 5.92. The summed E-state index contributed by atoms with van der Waals surface area (Å²) in [5.41, 5.74) is 2.47. The van der Waals surface area contributed by atoms with E-state index in [1.165, 1.54) is 0 Å². The molecule has 3 aromatic rings. The van der Waals surface area contributed by atoms with Crippen molar-refractivity contribution in [3.05, 3.63) is 54.5 Å². The van der Waals surface area contributed by atoms with Crippen LogP contribution in [0.2, 0.25) is 0 Å². The third-order valence-corrected chi connectivity index (χ3v) is 3.52. The second-order valence-electron chi connectivity index (χ2n) is 4.98. The third kappa shape index (κ3) is 3.11. The first-order valence-corrected chi connectivity index (χ1v) is 7.17. The maximum atomic E-state index is 12.1. The minimum Gasteiger partial charge on any atom is -0.493 e. The molecule has 118 valence electrons. The topological polar surface area (TPSA) is 64.9 Å². The van der Waals surface area contributed by atoms with Crippen LogP contribution in [0.1, 0.15) is 5.69 Å². The summed E-state index contributed by atoms with van der Waals surface area (Å²) in [6, 6.07) is 10.9. The van der Waals surface area contributed by atoms with Gasteiger partial charge in [0.2, 0.25) is 0 Å². The smallest absolute Gasteiger partial charge is 0.262 e. The van der Waals surface area contributed by atoms with Gasteiger partial charge in [0.1, 0.15) is 5.65 Å². The molecule has 3 rings (SSSR count). The molecule has 6 nitrogen and oxygen atoms in total. The number of para-hydroxylation sites is 2. The molecule has 2 aromatic heterocycles. The number of anilines is 1. The Kier molecular flexibility index (Phi) is 4.14. The van der Waals surface area contributed by atoms with Crippen LogP contribution in [0.25, 0.3) is 5.65 Å². The number of nitrogens with one attached hydrogen (secondary N) is 1. The summed E-state index contributed by atoms with van der Waals surface area (Å²) < 4.78 is 12.6. The highest BCUT2D eigenvalue weighted by Crippen LogP contribution is 2.25. The number of aromatic nitrogens is 2. The molecule has 6 heteroatoms. The number of carbonyl (C=O) groups is 1. The number of nitrogens with zero attached hydrogens (tertiary/aromatic N) is 2. The Balaban J connectivity index is 1.68. The van der Waals surface area contributed by atoms with E-state index in [1.807, 2.05) is 41.8 Å². The maximum absolute atomic E-state index is 12.1. The minimum absolute atomic E-state index is 0.0955. The van der Waals surface area contributed by atoms with Gasteiger partial charge in [-0.05, 0) is 31.2 Å². The predicted molar refractivity (Wildman–Crippen MR) is 87.0 cm³/mol. The molecule has 0 spiro atoms. The van der Waals surface area contributed by atoms with E-state index in [2.05, 4.69) is 10.3 Å². The van der Waals surface area contributed by atoms with Gasteiger partial charge in [-0.2, -0.15) is 0 Å².